The number of hydrazine groups is 1. The third-order valence-corrected chi connectivity index (χ3v) is 4.96. The summed E-state index contributed by atoms with van der Waals surface area (Å²) in [7, 11) is 0. The van der Waals surface area contributed by atoms with Crippen LogP contribution in [0.5, 0.6) is 0 Å². The zero-order chi connectivity index (χ0) is 13.2. The van der Waals surface area contributed by atoms with Crippen molar-refractivity contribution in [3.63, 3.8) is 0 Å². The van der Waals surface area contributed by atoms with Gasteiger partial charge in [-0.1, -0.05) is 0 Å². The van der Waals surface area contributed by atoms with Crippen molar-refractivity contribution in [2.24, 2.45) is 5.84 Å². The number of nitrogens with one attached hydrogen (secondary N) is 2. The highest BCUT2D eigenvalue weighted by atomic mass is 32.2. The van der Waals surface area contributed by atoms with Crippen molar-refractivity contribution < 1.29 is 0 Å². The van der Waals surface area contributed by atoms with Gasteiger partial charge in [0.05, 0.1) is 0 Å². The number of nitrogen functional groups attached to an aromatic ring is 1. The van der Waals surface area contributed by atoms with Gasteiger partial charge >= 0.3 is 0 Å². The van der Waals surface area contributed by atoms with Crippen LogP contribution >= 0.6 is 11.8 Å². The van der Waals surface area contributed by atoms with Crippen LogP contribution in [-0.4, -0.2) is 27.5 Å². The summed E-state index contributed by atoms with van der Waals surface area (Å²) in [4.78, 5) is 9.22. The summed E-state index contributed by atoms with van der Waals surface area (Å²) in [5, 5.41) is 3.58. The molecule has 0 aromatic carbocycles. The monoisotopic (exact) mass is 279 g/mol. The molecular formula is C13H21N5S. The molecule has 4 N–H and O–H groups in total. The van der Waals surface area contributed by atoms with E-state index in [-0.39, 0.29) is 0 Å². The Labute approximate surface area is 118 Å². The summed E-state index contributed by atoms with van der Waals surface area (Å²) in [6, 6.07) is 0.519. The first-order valence-corrected chi connectivity index (χ1v) is 8.13. The zero-order valence-corrected chi connectivity index (χ0v) is 12.1. The lowest BCUT2D eigenvalue weighted by atomic mass is 10.1. The van der Waals surface area contributed by atoms with Crippen LogP contribution in [0.1, 0.15) is 43.0 Å². The van der Waals surface area contributed by atoms with Crippen LogP contribution in [0.3, 0.4) is 0 Å². The lowest BCUT2D eigenvalue weighted by Gasteiger charge is -2.24. The Hall–Kier alpha value is -1.01. The summed E-state index contributed by atoms with van der Waals surface area (Å²) in [6.45, 7) is 2.02. The summed E-state index contributed by atoms with van der Waals surface area (Å²) in [5.74, 6) is 11.2. The summed E-state index contributed by atoms with van der Waals surface area (Å²) >= 11 is 2.01. The largest absolute Gasteiger partial charge is 0.366 e. The Morgan fingerprint density at radius 1 is 1.21 bits per heavy atom. The molecule has 5 nitrogen and oxygen atoms in total. The Morgan fingerprint density at radius 3 is 2.63 bits per heavy atom. The molecule has 0 radical (unpaired) electrons. The number of aromatic nitrogens is 2. The molecule has 6 heteroatoms. The summed E-state index contributed by atoms with van der Waals surface area (Å²) in [6.07, 6.45) is 4.90. The van der Waals surface area contributed by atoms with E-state index in [1.165, 1.54) is 31.4 Å². The van der Waals surface area contributed by atoms with Gasteiger partial charge in [0.2, 0.25) is 0 Å². The second-order valence-electron chi connectivity index (χ2n) is 5.38. The van der Waals surface area contributed by atoms with Crippen LogP contribution in [-0.2, 0) is 0 Å². The van der Waals surface area contributed by atoms with Crippen molar-refractivity contribution >= 4 is 23.4 Å². The molecule has 1 saturated carbocycles. The van der Waals surface area contributed by atoms with Crippen molar-refractivity contribution in [2.45, 2.75) is 44.6 Å². The number of nitrogens with two attached hydrogens (primary N) is 1. The van der Waals surface area contributed by atoms with Crippen molar-refractivity contribution in [1.82, 2.24) is 9.97 Å². The van der Waals surface area contributed by atoms with E-state index < -0.39 is 0 Å². The smallest absolute Gasteiger partial charge is 0.148 e. The Balaban J connectivity index is 1.83. The first-order chi connectivity index (χ1) is 9.28. The van der Waals surface area contributed by atoms with Gasteiger partial charge in [0.25, 0.3) is 0 Å². The summed E-state index contributed by atoms with van der Waals surface area (Å²) < 4.78 is 0. The van der Waals surface area contributed by atoms with E-state index in [4.69, 9.17) is 10.8 Å². The molecule has 1 saturated heterocycles. The maximum atomic E-state index is 5.57. The molecule has 19 heavy (non-hydrogen) atoms. The molecule has 1 aromatic rings. The van der Waals surface area contributed by atoms with Gasteiger partial charge < -0.3 is 10.7 Å². The number of rotatable bonds is 4. The van der Waals surface area contributed by atoms with Crippen LogP contribution in [0.2, 0.25) is 0 Å². The minimum absolute atomic E-state index is 0.519. The third kappa shape index (κ3) is 2.95. The van der Waals surface area contributed by atoms with Gasteiger partial charge in [-0.2, -0.15) is 11.8 Å². The molecule has 1 atom stereocenters. The van der Waals surface area contributed by atoms with Crippen molar-refractivity contribution in [1.29, 1.82) is 0 Å². The van der Waals surface area contributed by atoms with Gasteiger partial charge in [0.1, 0.15) is 17.5 Å². The van der Waals surface area contributed by atoms with E-state index in [1.807, 2.05) is 18.7 Å². The molecule has 2 aliphatic rings. The molecule has 2 fully saturated rings. The molecule has 0 spiro atoms. The zero-order valence-electron chi connectivity index (χ0n) is 11.3. The number of thioether (sulfide) groups is 1. The number of nitrogens with zero attached hydrogens (tertiary/aromatic N) is 2. The second kappa shape index (κ2) is 5.54. The average Bonchev–Trinajstić information content (AvgIpc) is 3.27. The first kappa shape index (κ1) is 13.0. The minimum atomic E-state index is 0.519. The predicted molar refractivity (Wildman–Crippen MR) is 80.5 cm³/mol. The van der Waals surface area contributed by atoms with Gasteiger partial charge in [-0.05, 0) is 38.4 Å². The molecule has 1 unspecified atom stereocenters. The lowest BCUT2D eigenvalue weighted by molar-refractivity contribution is 0.680. The SMILES string of the molecule is Cc1c(NN)nc(C2CC2)nc1NC1CCCSC1. The predicted octanol–water partition coefficient (Wildman–Crippen LogP) is 2.26. The first-order valence-electron chi connectivity index (χ1n) is 6.97. The Kier molecular flexibility index (Phi) is 3.79. The highest BCUT2D eigenvalue weighted by Crippen LogP contribution is 2.39. The van der Waals surface area contributed by atoms with Gasteiger partial charge in [-0.25, -0.2) is 15.8 Å². The number of hydrogen-bond acceptors (Lipinski definition) is 6. The second-order valence-corrected chi connectivity index (χ2v) is 6.53. The maximum Gasteiger partial charge on any atom is 0.148 e. The van der Waals surface area contributed by atoms with Crippen LogP contribution < -0.4 is 16.6 Å². The quantitative estimate of drug-likeness (QED) is 0.580. The average molecular weight is 279 g/mol. The maximum absolute atomic E-state index is 5.57. The lowest BCUT2D eigenvalue weighted by Crippen LogP contribution is -2.27. The van der Waals surface area contributed by atoms with Gasteiger partial charge in [0.15, 0.2) is 0 Å². The fourth-order valence-electron chi connectivity index (χ4n) is 2.39. The molecular weight excluding hydrogens is 258 g/mol. The van der Waals surface area contributed by atoms with Crippen LogP contribution in [0.15, 0.2) is 0 Å². The molecule has 1 aliphatic heterocycles. The minimum Gasteiger partial charge on any atom is -0.366 e. The fourth-order valence-corrected chi connectivity index (χ4v) is 3.46. The summed E-state index contributed by atoms with van der Waals surface area (Å²) in [5.41, 5.74) is 3.72. The highest BCUT2D eigenvalue weighted by Gasteiger charge is 2.28. The third-order valence-electron chi connectivity index (χ3n) is 3.74. The van der Waals surface area contributed by atoms with Crippen molar-refractivity contribution in [3.05, 3.63) is 11.4 Å². The van der Waals surface area contributed by atoms with E-state index in [1.54, 1.807) is 0 Å². The van der Waals surface area contributed by atoms with E-state index in [2.05, 4.69) is 15.7 Å². The standard InChI is InChI=1S/C13H21N5S/c1-8-11(15-10-3-2-6-19-7-10)16-13(9-4-5-9)17-12(8)18-14/h9-10H,2-7,14H2,1H3,(H2,15,16,17,18). The Morgan fingerprint density at radius 2 is 2.00 bits per heavy atom. The molecule has 1 aliphatic carbocycles. The van der Waals surface area contributed by atoms with Gasteiger partial charge in [-0.15, -0.1) is 0 Å². The van der Waals surface area contributed by atoms with Crippen molar-refractivity contribution in [3.8, 4) is 0 Å². The molecule has 0 amide bonds. The number of anilines is 2. The Bertz CT molecular complexity index is 455. The van der Waals surface area contributed by atoms with E-state index in [0.717, 1.165) is 28.8 Å². The van der Waals surface area contributed by atoms with Crippen LogP contribution in [0.25, 0.3) is 0 Å². The van der Waals surface area contributed by atoms with Crippen molar-refractivity contribution in [2.75, 3.05) is 22.2 Å². The van der Waals surface area contributed by atoms with Gasteiger partial charge in [-0.3, -0.25) is 0 Å². The topological polar surface area (TPSA) is 75.9 Å². The molecule has 1 aromatic heterocycles. The van der Waals surface area contributed by atoms with Gasteiger partial charge in [0, 0.05) is 23.3 Å². The molecule has 3 rings (SSSR count). The highest BCUT2D eigenvalue weighted by molar-refractivity contribution is 7.99. The van der Waals surface area contributed by atoms with E-state index >= 15 is 0 Å². The van der Waals surface area contributed by atoms with Crippen LogP contribution in [0, 0.1) is 6.92 Å². The molecule has 0 bridgehead atoms. The van der Waals surface area contributed by atoms with E-state index in [0.29, 0.717) is 12.0 Å². The molecule has 104 valence electrons. The normalized spacial score (nSPS) is 23.2. The van der Waals surface area contributed by atoms with Crippen LogP contribution in [0.4, 0.5) is 11.6 Å². The fraction of sp³-hybridized carbons (Fsp3) is 0.692. The molecule has 2 heterocycles. The number of hydrogen-bond donors (Lipinski definition) is 3. The van der Waals surface area contributed by atoms with E-state index in [9.17, 15) is 0 Å².